The lowest BCUT2D eigenvalue weighted by Gasteiger charge is -2.34. The van der Waals surface area contributed by atoms with Crippen LogP contribution >= 0.6 is 0 Å². The monoisotopic (exact) mass is 303 g/mol. The van der Waals surface area contributed by atoms with Crippen molar-refractivity contribution in [3.05, 3.63) is 77.4 Å². The smallest absolute Gasteiger partial charge is 0.0291 e. The fourth-order valence-corrected chi connectivity index (χ4v) is 4.30. The molecule has 2 heterocycles. The SMILES string of the molecule is CCc1ccccc1C1=CC2CCC(C1)N2Cc1ccccc1. The van der Waals surface area contributed by atoms with Crippen molar-refractivity contribution >= 4 is 5.57 Å². The summed E-state index contributed by atoms with van der Waals surface area (Å²) in [5, 5.41) is 0. The fourth-order valence-electron chi connectivity index (χ4n) is 4.30. The molecule has 1 saturated heterocycles. The zero-order valence-corrected chi connectivity index (χ0v) is 13.9. The first kappa shape index (κ1) is 14.7. The molecular formula is C22H25N. The van der Waals surface area contributed by atoms with Gasteiger partial charge in [0.05, 0.1) is 0 Å². The third-order valence-corrected chi connectivity index (χ3v) is 5.49. The van der Waals surface area contributed by atoms with E-state index in [1.165, 1.54) is 36.0 Å². The van der Waals surface area contributed by atoms with Gasteiger partial charge in [0, 0.05) is 18.6 Å². The zero-order chi connectivity index (χ0) is 15.6. The van der Waals surface area contributed by atoms with E-state index in [-0.39, 0.29) is 0 Å². The Morgan fingerprint density at radius 3 is 2.52 bits per heavy atom. The molecule has 0 N–H and O–H groups in total. The van der Waals surface area contributed by atoms with E-state index in [0.717, 1.165) is 13.0 Å². The second kappa shape index (κ2) is 6.33. The molecule has 0 amide bonds. The molecule has 0 aromatic heterocycles. The average Bonchev–Trinajstić information content (AvgIpc) is 2.84. The first-order valence-corrected chi connectivity index (χ1v) is 8.94. The van der Waals surface area contributed by atoms with E-state index >= 15 is 0 Å². The van der Waals surface area contributed by atoms with Crippen molar-refractivity contribution in [2.75, 3.05) is 0 Å². The molecule has 2 bridgehead atoms. The maximum absolute atomic E-state index is 2.72. The van der Waals surface area contributed by atoms with E-state index in [0.29, 0.717) is 12.1 Å². The van der Waals surface area contributed by atoms with E-state index < -0.39 is 0 Å². The molecule has 4 rings (SSSR count). The van der Waals surface area contributed by atoms with Gasteiger partial charge in [0.15, 0.2) is 0 Å². The van der Waals surface area contributed by atoms with Crippen molar-refractivity contribution in [2.24, 2.45) is 0 Å². The molecule has 0 saturated carbocycles. The highest BCUT2D eigenvalue weighted by Gasteiger charge is 2.36. The Balaban J connectivity index is 1.59. The number of fused-ring (bicyclic) bond motifs is 2. The molecular weight excluding hydrogens is 278 g/mol. The molecule has 23 heavy (non-hydrogen) atoms. The Morgan fingerprint density at radius 2 is 1.74 bits per heavy atom. The number of benzene rings is 2. The van der Waals surface area contributed by atoms with Crippen LogP contribution in [0.5, 0.6) is 0 Å². The lowest BCUT2D eigenvalue weighted by Crippen LogP contribution is -2.37. The minimum absolute atomic E-state index is 0.619. The van der Waals surface area contributed by atoms with E-state index in [4.69, 9.17) is 0 Å². The molecule has 0 radical (unpaired) electrons. The molecule has 1 fully saturated rings. The fraction of sp³-hybridized carbons (Fsp3) is 0.364. The van der Waals surface area contributed by atoms with Crippen LogP contribution in [0.1, 0.15) is 42.9 Å². The van der Waals surface area contributed by atoms with Crippen molar-refractivity contribution in [3.8, 4) is 0 Å². The Bertz CT molecular complexity index is 701. The quantitative estimate of drug-likeness (QED) is 0.762. The molecule has 2 aromatic rings. The van der Waals surface area contributed by atoms with Crippen LogP contribution in [0, 0.1) is 0 Å². The molecule has 1 nitrogen and oxygen atoms in total. The lowest BCUT2D eigenvalue weighted by atomic mass is 9.90. The van der Waals surface area contributed by atoms with Gasteiger partial charge in [-0.15, -0.1) is 0 Å². The minimum atomic E-state index is 0.619. The van der Waals surface area contributed by atoms with E-state index in [2.05, 4.69) is 72.5 Å². The number of nitrogens with zero attached hydrogens (tertiary/aromatic N) is 1. The summed E-state index contributed by atoms with van der Waals surface area (Å²) in [6, 6.07) is 21.2. The summed E-state index contributed by atoms with van der Waals surface area (Å²) in [5.74, 6) is 0. The molecule has 118 valence electrons. The maximum Gasteiger partial charge on any atom is 0.0291 e. The molecule has 2 aliphatic rings. The number of hydrogen-bond acceptors (Lipinski definition) is 1. The van der Waals surface area contributed by atoms with E-state index in [9.17, 15) is 0 Å². The standard InChI is InChI=1S/C22H25N/c1-2-18-10-6-7-11-22(18)19-14-20-12-13-21(15-19)23(20)16-17-8-4-3-5-9-17/h3-11,14,20-21H,2,12-13,15-16H2,1H3. The second-order valence-corrected chi connectivity index (χ2v) is 6.86. The van der Waals surface area contributed by atoms with Crippen LogP contribution in [0.3, 0.4) is 0 Å². The van der Waals surface area contributed by atoms with Crippen molar-refractivity contribution < 1.29 is 0 Å². The van der Waals surface area contributed by atoms with Gasteiger partial charge in [-0.3, -0.25) is 4.90 Å². The van der Waals surface area contributed by atoms with Crippen LogP contribution in [0.25, 0.3) is 5.57 Å². The van der Waals surface area contributed by atoms with Gasteiger partial charge < -0.3 is 0 Å². The first-order valence-electron chi connectivity index (χ1n) is 8.94. The molecule has 1 heteroatoms. The first-order chi connectivity index (χ1) is 11.3. The van der Waals surface area contributed by atoms with Crippen LogP contribution in [0.15, 0.2) is 60.7 Å². The van der Waals surface area contributed by atoms with Crippen molar-refractivity contribution in [3.63, 3.8) is 0 Å². The summed E-state index contributed by atoms with van der Waals surface area (Å²) in [5.41, 5.74) is 6.01. The molecule has 2 aromatic carbocycles. The van der Waals surface area contributed by atoms with Crippen molar-refractivity contribution in [1.29, 1.82) is 0 Å². The van der Waals surface area contributed by atoms with Gasteiger partial charge in [0.25, 0.3) is 0 Å². The summed E-state index contributed by atoms with van der Waals surface area (Å²) in [7, 11) is 0. The van der Waals surface area contributed by atoms with Gasteiger partial charge in [0.1, 0.15) is 0 Å². The van der Waals surface area contributed by atoms with Crippen molar-refractivity contribution in [1.82, 2.24) is 4.90 Å². The molecule has 2 aliphatic heterocycles. The molecule has 0 aliphatic carbocycles. The summed E-state index contributed by atoms with van der Waals surface area (Å²) in [6.07, 6.45) is 7.54. The minimum Gasteiger partial charge on any atom is -0.289 e. The summed E-state index contributed by atoms with van der Waals surface area (Å²) in [6.45, 7) is 3.36. The Kier molecular flexibility index (Phi) is 4.05. The molecule has 2 atom stereocenters. The van der Waals surface area contributed by atoms with Gasteiger partial charge >= 0.3 is 0 Å². The van der Waals surface area contributed by atoms with Gasteiger partial charge in [-0.05, 0) is 47.9 Å². The largest absolute Gasteiger partial charge is 0.289 e. The van der Waals surface area contributed by atoms with Gasteiger partial charge in [-0.1, -0.05) is 67.6 Å². The van der Waals surface area contributed by atoms with E-state index in [1.54, 1.807) is 5.57 Å². The van der Waals surface area contributed by atoms with Crippen LogP contribution in [-0.2, 0) is 13.0 Å². The Labute approximate surface area is 139 Å². The lowest BCUT2D eigenvalue weighted by molar-refractivity contribution is 0.203. The number of rotatable bonds is 4. The summed E-state index contributed by atoms with van der Waals surface area (Å²) < 4.78 is 0. The number of aryl methyl sites for hydroxylation is 1. The highest BCUT2D eigenvalue weighted by Crippen LogP contribution is 2.40. The highest BCUT2D eigenvalue weighted by atomic mass is 15.2. The molecule has 0 spiro atoms. The maximum atomic E-state index is 2.72. The van der Waals surface area contributed by atoms with Crippen LogP contribution in [-0.4, -0.2) is 17.0 Å². The van der Waals surface area contributed by atoms with Crippen molar-refractivity contribution in [2.45, 2.75) is 51.2 Å². The van der Waals surface area contributed by atoms with Gasteiger partial charge in [-0.25, -0.2) is 0 Å². The third kappa shape index (κ3) is 2.86. The number of hydrogen-bond donors (Lipinski definition) is 0. The van der Waals surface area contributed by atoms with Gasteiger partial charge in [0.2, 0.25) is 0 Å². The predicted octanol–water partition coefficient (Wildman–Crippen LogP) is 5.07. The van der Waals surface area contributed by atoms with Gasteiger partial charge in [-0.2, -0.15) is 0 Å². The third-order valence-electron chi connectivity index (χ3n) is 5.49. The Morgan fingerprint density at radius 1 is 0.957 bits per heavy atom. The highest BCUT2D eigenvalue weighted by molar-refractivity contribution is 5.70. The summed E-state index contributed by atoms with van der Waals surface area (Å²) in [4.78, 5) is 2.72. The van der Waals surface area contributed by atoms with Crippen LogP contribution < -0.4 is 0 Å². The predicted molar refractivity (Wildman–Crippen MR) is 97.2 cm³/mol. The average molecular weight is 303 g/mol. The summed E-state index contributed by atoms with van der Waals surface area (Å²) >= 11 is 0. The van der Waals surface area contributed by atoms with Crippen LogP contribution in [0.4, 0.5) is 0 Å². The van der Waals surface area contributed by atoms with Crippen LogP contribution in [0.2, 0.25) is 0 Å². The van der Waals surface area contributed by atoms with E-state index in [1.807, 2.05) is 0 Å². The zero-order valence-electron chi connectivity index (χ0n) is 13.9. The molecule has 2 unspecified atom stereocenters. The normalized spacial score (nSPS) is 23.8. The Hall–Kier alpha value is -1.86. The second-order valence-electron chi connectivity index (χ2n) is 6.86. The topological polar surface area (TPSA) is 3.24 Å².